The van der Waals surface area contributed by atoms with Gasteiger partial charge in [0.1, 0.15) is 5.54 Å². The van der Waals surface area contributed by atoms with E-state index in [1.165, 1.54) is 0 Å². The summed E-state index contributed by atoms with van der Waals surface area (Å²) >= 11 is 0. The number of carbonyl (C=O) groups is 2. The third-order valence-corrected chi connectivity index (χ3v) is 3.44. The molecule has 0 bridgehead atoms. The molecule has 6 nitrogen and oxygen atoms in total. The van der Waals surface area contributed by atoms with Crippen molar-refractivity contribution in [3.05, 3.63) is 0 Å². The standard InChI is InChI=1S/C10H16N2O4/c11-7-5-16-4-6(7)8(13)12-10(9(14)15)2-1-3-10/h6-7H,1-5,11H2,(H,12,13)(H,14,15). The lowest BCUT2D eigenvalue weighted by atomic mass is 9.76. The van der Waals surface area contributed by atoms with Gasteiger partial charge in [-0.3, -0.25) is 4.79 Å². The number of nitrogens with one attached hydrogen (secondary N) is 1. The average Bonchev–Trinajstić information content (AvgIpc) is 2.57. The number of carbonyl (C=O) groups excluding carboxylic acids is 1. The highest BCUT2D eigenvalue weighted by atomic mass is 16.5. The van der Waals surface area contributed by atoms with Gasteiger partial charge in [0.2, 0.25) is 5.91 Å². The van der Waals surface area contributed by atoms with E-state index in [4.69, 9.17) is 15.6 Å². The molecule has 2 aliphatic rings. The molecule has 0 aromatic heterocycles. The number of ether oxygens (including phenoxy) is 1. The average molecular weight is 228 g/mol. The van der Waals surface area contributed by atoms with Crippen LogP contribution in [0, 0.1) is 5.92 Å². The summed E-state index contributed by atoms with van der Waals surface area (Å²) in [4.78, 5) is 22.9. The number of hydrogen-bond acceptors (Lipinski definition) is 4. The van der Waals surface area contributed by atoms with Crippen molar-refractivity contribution in [1.29, 1.82) is 0 Å². The summed E-state index contributed by atoms with van der Waals surface area (Å²) in [7, 11) is 0. The van der Waals surface area contributed by atoms with Crippen molar-refractivity contribution >= 4 is 11.9 Å². The maximum atomic E-state index is 11.8. The molecule has 90 valence electrons. The Kier molecular flexibility index (Phi) is 2.86. The molecule has 1 amide bonds. The van der Waals surface area contributed by atoms with Crippen molar-refractivity contribution < 1.29 is 19.4 Å². The first kappa shape index (κ1) is 11.3. The first-order valence-corrected chi connectivity index (χ1v) is 5.44. The molecule has 6 heteroatoms. The molecular formula is C10H16N2O4. The Morgan fingerprint density at radius 1 is 1.38 bits per heavy atom. The minimum Gasteiger partial charge on any atom is -0.480 e. The van der Waals surface area contributed by atoms with E-state index in [9.17, 15) is 9.59 Å². The summed E-state index contributed by atoms with van der Waals surface area (Å²) in [5.74, 6) is -1.68. The molecular weight excluding hydrogens is 212 g/mol. The van der Waals surface area contributed by atoms with Crippen LogP contribution < -0.4 is 11.1 Å². The molecule has 1 saturated carbocycles. The molecule has 0 spiro atoms. The topological polar surface area (TPSA) is 102 Å². The maximum Gasteiger partial charge on any atom is 0.329 e. The number of hydrogen-bond donors (Lipinski definition) is 3. The molecule has 1 aliphatic carbocycles. The second-order valence-corrected chi connectivity index (χ2v) is 4.54. The Morgan fingerprint density at radius 3 is 2.44 bits per heavy atom. The Balaban J connectivity index is 1.98. The largest absolute Gasteiger partial charge is 0.480 e. The van der Waals surface area contributed by atoms with Crippen molar-refractivity contribution in [3.63, 3.8) is 0 Å². The zero-order chi connectivity index (χ0) is 11.8. The summed E-state index contributed by atoms with van der Waals surface area (Å²) in [5, 5.41) is 11.7. The van der Waals surface area contributed by atoms with Gasteiger partial charge in [0.15, 0.2) is 0 Å². The molecule has 1 aliphatic heterocycles. The summed E-state index contributed by atoms with van der Waals surface area (Å²) in [5.41, 5.74) is 4.64. The van der Waals surface area contributed by atoms with Crippen molar-refractivity contribution in [2.24, 2.45) is 11.7 Å². The van der Waals surface area contributed by atoms with Crippen LogP contribution in [-0.2, 0) is 14.3 Å². The van der Waals surface area contributed by atoms with E-state index in [1.54, 1.807) is 0 Å². The Morgan fingerprint density at radius 2 is 2.06 bits per heavy atom. The van der Waals surface area contributed by atoms with E-state index >= 15 is 0 Å². The third-order valence-electron chi connectivity index (χ3n) is 3.44. The van der Waals surface area contributed by atoms with Crippen LogP contribution in [0.4, 0.5) is 0 Å². The second kappa shape index (κ2) is 4.03. The molecule has 2 rings (SSSR count). The summed E-state index contributed by atoms with van der Waals surface area (Å²) in [6.07, 6.45) is 1.83. The van der Waals surface area contributed by atoms with Crippen LogP contribution in [0.15, 0.2) is 0 Å². The normalized spacial score (nSPS) is 31.8. The van der Waals surface area contributed by atoms with Crippen LogP contribution in [0.2, 0.25) is 0 Å². The van der Waals surface area contributed by atoms with Crippen molar-refractivity contribution in [1.82, 2.24) is 5.32 Å². The van der Waals surface area contributed by atoms with E-state index in [2.05, 4.69) is 5.32 Å². The number of amides is 1. The first-order chi connectivity index (χ1) is 7.55. The van der Waals surface area contributed by atoms with Gasteiger partial charge in [0, 0.05) is 6.04 Å². The first-order valence-electron chi connectivity index (χ1n) is 5.44. The smallest absolute Gasteiger partial charge is 0.329 e. The predicted octanol–water partition coefficient (Wildman–Crippen LogP) is -0.916. The minimum absolute atomic E-state index is 0.280. The fourth-order valence-electron chi connectivity index (χ4n) is 2.09. The number of carboxylic acids is 1. The van der Waals surface area contributed by atoms with Crippen molar-refractivity contribution in [2.45, 2.75) is 30.8 Å². The zero-order valence-electron chi connectivity index (χ0n) is 8.94. The van der Waals surface area contributed by atoms with Crippen molar-refractivity contribution in [2.75, 3.05) is 13.2 Å². The van der Waals surface area contributed by atoms with Gasteiger partial charge in [-0.25, -0.2) is 4.79 Å². The molecule has 2 unspecified atom stereocenters. The van der Waals surface area contributed by atoms with Gasteiger partial charge in [0.25, 0.3) is 0 Å². The molecule has 2 fully saturated rings. The minimum atomic E-state index is -1.06. The van der Waals surface area contributed by atoms with Crippen LogP contribution in [0.1, 0.15) is 19.3 Å². The highest BCUT2D eigenvalue weighted by Gasteiger charge is 2.47. The van der Waals surface area contributed by atoms with E-state index in [0.29, 0.717) is 19.4 Å². The van der Waals surface area contributed by atoms with Gasteiger partial charge in [-0.2, -0.15) is 0 Å². The molecule has 1 saturated heterocycles. The van der Waals surface area contributed by atoms with E-state index < -0.39 is 17.4 Å². The van der Waals surface area contributed by atoms with E-state index in [0.717, 1.165) is 6.42 Å². The van der Waals surface area contributed by atoms with Crippen LogP contribution in [-0.4, -0.2) is 41.8 Å². The van der Waals surface area contributed by atoms with Gasteiger partial charge >= 0.3 is 5.97 Å². The lowest BCUT2D eigenvalue weighted by molar-refractivity contribution is -0.152. The van der Waals surface area contributed by atoms with Crippen LogP contribution in [0.3, 0.4) is 0 Å². The number of rotatable bonds is 3. The highest BCUT2D eigenvalue weighted by molar-refractivity contribution is 5.89. The Bertz CT molecular complexity index is 314. The molecule has 0 aromatic carbocycles. The lowest BCUT2D eigenvalue weighted by Gasteiger charge is -2.39. The summed E-state index contributed by atoms with van der Waals surface area (Å²) in [6, 6.07) is -0.328. The molecule has 0 radical (unpaired) electrons. The number of nitrogens with two attached hydrogens (primary N) is 1. The zero-order valence-corrected chi connectivity index (χ0v) is 8.94. The van der Waals surface area contributed by atoms with Gasteiger partial charge in [0.05, 0.1) is 19.1 Å². The van der Waals surface area contributed by atoms with Gasteiger partial charge < -0.3 is 20.9 Å². The van der Waals surface area contributed by atoms with Crippen LogP contribution >= 0.6 is 0 Å². The lowest BCUT2D eigenvalue weighted by Crippen LogP contribution is -2.61. The molecule has 16 heavy (non-hydrogen) atoms. The van der Waals surface area contributed by atoms with Gasteiger partial charge in [-0.1, -0.05) is 0 Å². The SMILES string of the molecule is NC1COCC1C(=O)NC1(C(=O)O)CCC1. The molecule has 0 aromatic rings. The van der Waals surface area contributed by atoms with E-state index in [-0.39, 0.29) is 18.6 Å². The van der Waals surface area contributed by atoms with Gasteiger partial charge in [-0.05, 0) is 19.3 Å². The molecule has 2 atom stereocenters. The van der Waals surface area contributed by atoms with Crippen LogP contribution in [0.25, 0.3) is 0 Å². The van der Waals surface area contributed by atoms with E-state index in [1.807, 2.05) is 0 Å². The third kappa shape index (κ3) is 1.78. The second-order valence-electron chi connectivity index (χ2n) is 4.54. The van der Waals surface area contributed by atoms with Crippen molar-refractivity contribution in [3.8, 4) is 0 Å². The molecule has 4 N–H and O–H groups in total. The monoisotopic (exact) mass is 228 g/mol. The fraction of sp³-hybridized carbons (Fsp3) is 0.800. The van der Waals surface area contributed by atoms with Gasteiger partial charge in [-0.15, -0.1) is 0 Å². The highest BCUT2D eigenvalue weighted by Crippen LogP contribution is 2.32. The van der Waals surface area contributed by atoms with Crippen LogP contribution in [0.5, 0.6) is 0 Å². The Hall–Kier alpha value is -1.14. The number of carboxylic acid groups (broad SMARTS) is 1. The Labute approximate surface area is 93.1 Å². The molecule has 1 heterocycles. The summed E-state index contributed by atoms with van der Waals surface area (Å²) < 4.78 is 5.08. The summed E-state index contributed by atoms with van der Waals surface area (Å²) in [6.45, 7) is 0.640. The fourth-order valence-corrected chi connectivity index (χ4v) is 2.09. The quantitative estimate of drug-likeness (QED) is 0.580. The maximum absolute atomic E-state index is 11.8. The predicted molar refractivity (Wildman–Crippen MR) is 54.6 cm³/mol. The number of aliphatic carboxylic acids is 1.